The highest BCUT2D eigenvalue weighted by molar-refractivity contribution is 9.10. The first-order valence-electron chi connectivity index (χ1n) is 6.02. The van der Waals surface area contributed by atoms with Crippen LogP contribution in [0.3, 0.4) is 0 Å². The number of hydrogen-bond acceptors (Lipinski definition) is 2. The summed E-state index contributed by atoms with van der Waals surface area (Å²) in [6, 6.07) is 13.5. The predicted octanol–water partition coefficient (Wildman–Crippen LogP) is 4.77. The largest absolute Gasteiger partial charge is 0.389 e. The number of anilines is 1. The van der Waals surface area contributed by atoms with Crippen molar-refractivity contribution in [3.8, 4) is 0 Å². The van der Waals surface area contributed by atoms with E-state index in [9.17, 15) is 5.11 Å². The van der Waals surface area contributed by atoms with Gasteiger partial charge in [0.05, 0.1) is 6.10 Å². The van der Waals surface area contributed by atoms with Crippen LogP contribution in [0, 0.1) is 0 Å². The van der Waals surface area contributed by atoms with E-state index in [4.69, 9.17) is 11.6 Å². The molecule has 0 heterocycles. The van der Waals surface area contributed by atoms with Crippen molar-refractivity contribution in [2.45, 2.75) is 19.6 Å². The second-order valence-corrected chi connectivity index (χ2v) is 5.68. The summed E-state index contributed by atoms with van der Waals surface area (Å²) in [7, 11) is 0. The molecule has 2 N–H and O–H groups in total. The van der Waals surface area contributed by atoms with Crippen molar-refractivity contribution in [3.63, 3.8) is 0 Å². The van der Waals surface area contributed by atoms with Crippen molar-refractivity contribution >= 4 is 33.2 Å². The molecule has 100 valence electrons. The summed E-state index contributed by atoms with van der Waals surface area (Å²) >= 11 is 9.59. The predicted molar refractivity (Wildman–Crippen MR) is 83.6 cm³/mol. The van der Waals surface area contributed by atoms with Gasteiger partial charge in [0.25, 0.3) is 0 Å². The van der Waals surface area contributed by atoms with Crippen LogP contribution in [-0.4, -0.2) is 5.11 Å². The van der Waals surface area contributed by atoms with E-state index in [0.29, 0.717) is 6.54 Å². The lowest BCUT2D eigenvalue weighted by Gasteiger charge is -2.14. The molecule has 2 aromatic carbocycles. The topological polar surface area (TPSA) is 32.3 Å². The highest BCUT2D eigenvalue weighted by atomic mass is 79.9. The average molecular weight is 341 g/mol. The quantitative estimate of drug-likeness (QED) is 0.840. The Morgan fingerprint density at radius 3 is 2.74 bits per heavy atom. The fraction of sp³-hybridized carbons (Fsp3) is 0.200. The Morgan fingerprint density at radius 2 is 2.00 bits per heavy atom. The molecule has 0 radical (unpaired) electrons. The third kappa shape index (κ3) is 3.72. The van der Waals surface area contributed by atoms with E-state index in [0.717, 1.165) is 26.3 Å². The lowest BCUT2D eigenvalue weighted by atomic mass is 10.1. The molecule has 1 unspecified atom stereocenters. The van der Waals surface area contributed by atoms with E-state index in [1.54, 1.807) is 6.92 Å². The van der Waals surface area contributed by atoms with Gasteiger partial charge in [-0.3, -0.25) is 0 Å². The fourth-order valence-electron chi connectivity index (χ4n) is 1.89. The molecule has 0 fully saturated rings. The first-order chi connectivity index (χ1) is 9.08. The summed E-state index contributed by atoms with van der Waals surface area (Å²) in [5, 5.41) is 13.8. The maximum atomic E-state index is 9.73. The number of rotatable bonds is 4. The molecular weight excluding hydrogens is 326 g/mol. The van der Waals surface area contributed by atoms with Crippen LogP contribution in [-0.2, 0) is 6.54 Å². The van der Waals surface area contributed by atoms with Crippen LogP contribution in [0.15, 0.2) is 46.9 Å². The lowest BCUT2D eigenvalue weighted by Crippen LogP contribution is -2.04. The van der Waals surface area contributed by atoms with Gasteiger partial charge in [0, 0.05) is 27.3 Å². The van der Waals surface area contributed by atoms with E-state index in [-0.39, 0.29) is 0 Å². The average Bonchev–Trinajstić information content (AvgIpc) is 2.40. The van der Waals surface area contributed by atoms with Gasteiger partial charge in [-0.1, -0.05) is 45.7 Å². The Bertz CT molecular complexity index is 572. The molecule has 0 aliphatic heterocycles. The monoisotopic (exact) mass is 339 g/mol. The highest BCUT2D eigenvalue weighted by Crippen LogP contribution is 2.25. The molecule has 0 aliphatic carbocycles. The zero-order chi connectivity index (χ0) is 13.8. The van der Waals surface area contributed by atoms with Crippen LogP contribution >= 0.6 is 27.5 Å². The molecule has 0 spiro atoms. The molecular formula is C15H15BrClNO. The van der Waals surface area contributed by atoms with Gasteiger partial charge in [-0.05, 0) is 36.8 Å². The van der Waals surface area contributed by atoms with Gasteiger partial charge < -0.3 is 10.4 Å². The number of aliphatic hydroxyl groups is 1. The highest BCUT2D eigenvalue weighted by Gasteiger charge is 2.07. The molecule has 4 heteroatoms. The van der Waals surface area contributed by atoms with Crippen LogP contribution in [0.25, 0.3) is 0 Å². The third-order valence-corrected chi connectivity index (χ3v) is 3.75. The summed E-state index contributed by atoms with van der Waals surface area (Å²) < 4.78 is 0.998. The minimum absolute atomic E-state index is 0.498. The Morgan fingerprint density at radius 1 is 1.26 bits per heavy atom. The normalized spacial score (nSPS) is 12.2. The first kappa shape index (κ1) is 14.4. The van der Waals surface area contributed by atoms with Crippen molar-refractivity contribution in [1.82, 2.24) is 0 Å². The van der Waals surface area contributed by atoms with Crippen LogP contribution in [0.2, 0.25) is 5.02 Å². The van der Waals surface area contributed by atoms with Crippen molar-refractivity contribution in [1.29, 1.82) is 0 Å². The summed E-state index contributed by atoms with van der Waals surface area (Å²) in [4.78, 5) is 0. The van der Waals surface area contributed by atoms with E-state index < -0.39 is 6.10 Å². The summed E-state index contributed by atoms with van der Waals surface area (Å²) in [6.07, 6.45) is -0.498. The Balaban J connectivity index is 2.17. The number of benzene rings is 2. The minimum atomic E-state index is -0.498. The zero-order valence-electron chi connectivity index (χ0n) is 10.5. The molecule has 2 rings (SSSR count). The molecule has 2 aromatic rings. The molecule has 0 saturated carbocycles. The van der Waals surface area contributed by atoms with E-state index in [2.05, 4.69) is 21.2 Å². The first-order valence-corrected chi connectivity index (χ1v) is 7.20. The Kier molecular flexibility index (Phi) is 4.86. The maximum absolute atomic E-state index is 9.73. The second kappa shape index (κ2) is 6.42. The molecule has 0 amide bonds. The second-order valence-electron chi connectivity index (χ2n) is 4.35. The standard InChI is InChI=1S/C15H15BrClNO/c1-10(19)13-4-2-3-5-15(13)18-9-11-8-12(16)6-7-14(11)17/h2-8,10,18-19H,9H2,1H3. The number of hydrogen-bond donors (Lipinski definition) is 2. The number of halogens is 2. The summed E-state index contributed by atoms with van der Waals surface area (Å²) in [5.41, 5.74) is 2.82. The SMILES string of the molecule is CC(O)c1ccccc1NCc1cc(Br)ccc1Cl. The van der Waals surface area contributed by atoms with Crippen molar-refractivity contribution in [2.75, 3.05) is 5.32 Å². The van der Waals surface area contributed by atoms with Gasteiger partial charge in [-0.25, -0.2) is 0 Å². The van der Waals surface area contributed by atoms with E-state index in [1.807, 2.05) is 42.5 Å². The number of aliphatic hydroxyl groups excluding tert-OH is 1. The molecule has 2 nitrogen and oxygen atoms in total. The molecule has 0 bridgehead atoms. The van der Waals surface area contributed by atoms with Crippen LogP contribution in [0.1, 0.15) is 24.2 Å². The molecule has 0 saturated heterocycles. The van der Waals surface area contributed by atoms with Crippen molar-refractivity contribution < 1.29 is 5.11 Å². The Labute approximate surface area is 126 Å². The molecule has 0 aromatic heterocycles. The molecule has 19 heavy (non-hydrogen) atoms. The van der Waals surface area contributed by atoms with Gasteiger partial charge in [-0.2, -0.15) is 0 Å². The van der Waals surface area contributed by atoms with Crippen LogP contribution in [0.5, 0.6) is 0 Å². The Hall–Kier alpha value is -1.03. The smallest absolute Gasteiger partial charge is 0.0781 e. The molecule has 0 aliphatic rings. The summed E-state index contributed by atoms with van der Waals surface area (Å²) in [5.74, 6) is 0. The van der Waals surface area contributed by atoms with Gasteiger partial charge in [0.1, 0.15) is 0 Å². The van der Waals surface area contributed by atoms with E-state index in [1.165, 1.54) is 0 Å². The maximum Gasteiger partial charge on any atom is 0.0781 e. The van der Waals surface area contributed by atoms with Gasteiger partial charge in [0.15, 0.2) is 0 Å². The van der Waals surface area contributed by atoms with Gasteiger partial charge in [0.2, 0.25) is 0 Å². The van der Waals surface area contributed by atoms with Crippen molar-refractivity contribution in [2.24, 2.45) is 0 Å². The fourth-order valence-corrected chi connectivity index (χ4v) is 2.48. The van der Waals surface area contributed by atoms with Gasteiger partial charge in [-0.15, -0.1) is 0 Å². The zero-order valence-corrected chi connectivity index (χ0v) is 12.9. The van der Waals surface area contributed by atoms with Gasteiger partial charge >= 0.3 is 0 Å². The third-order valence-electron chi connectivity index (χ3n) is 2.89. The number of nitrogens with one attached hydrogen (secondary N) is 1. The summed E-state index contributed by atoms with van der Waals surface area (Å²) in [6.45, 7) is 2.37. The minimum Gasteiger partial charge on any atom is -0.389 e. The van der Waals surface area contributed by atoms with Crippen LogP contribution < -0.4 is 5.32 Å². The lowest BCUT2D eigenvalue weighted by molar-refractivity contribution is 0.200. The number of para-hydroxylation sites is 1. The molecule has 1 atom stereocenters. The van der Waals surface area contributed by atoms with Crippen molar-refractivity contribution in [3.05, 3.63) is 63.1 Å². The van der Waals surface area contributed by atoms with Crippen LogP contribution in [0.4, 0.5) is 5.69 Å². The van der Waals surface area contributed by atoms with E-state index >= 15 is 0 Å².